The molecular formula is C17H18BrNO. The Kier molecular flexibility index (Phi) is 4.08. The van der Waals surface area contributed by atoms with Crippen LogP contribution in [0, 0.1) is 0 Å². The summed E-state index contributed by atoms with van der Waals surface area (Å²) in [5.74, 6) is 1.06. The van der Waals surface area contributed by atoms with Gasteiger partial charge in [0.1, 0.15) is 5.76 Å². The Balaban J connectivity index is 2.00. The maximum absolute atomic E-state index is 5.74. The van der Waals surface area contributed by atoms with E-state index in [4.69, 9.17) is 4.74 Å². The Bertz CT molecular complexity index is 650. The van der Waals surface area contributed by atoms with Gasteiger partial charge in [0.15, 0.2) is 0 Å². The van der Waals surface area contributed by atoms with Crippen molar-refractivity contribution in [1.82, 2.24) is 5.32 Å². The molecule has 0 aliphatic carbocycles. The quantitative estimate of drug-likeness (QED) is 0.886. The van der Waals surface area contributed by atoms with E-state index in [1.54, 1.807) is 0 Å². The molecule has 1 N–H and O–H groups in total. The van der Waals surface area contributed by atoms with Crippen LogP contribution < -0.4 is 5.32 Å². The van der Waals surface area contributed by atoms with Crippen LogP contribution in [-0.2, 0) is 4.74 Å². The van der Waals surface area contributed by atoms with Gasteiger partial charge in [0.05, 0.1) is 12.6 Å². The lowest BCUT2D eigenvalue weighted by molar-refractivity contribution is 0.216. The van der Waals surface area contributed by atoms with Crippen LogP contribution >= 0.6 is 15.9 Å². The highest BCUT2D eigenvalue weighted by Gasteiger charge is 2.20. The van der Waals surface area contributed by atoms with E-state index in [0.29, 0.717) is 0 Å². The van der Waals surface area contributed by atoms with Gasteiger partial charge in [-0.3, -0.25) is 0 Å². The van der Waals surface area contributed by atoms with Crippen molar-refractivity contribution < 1.29 is 4.74 Å². The monoisotopic (exact) mass is 331 g/mol. The molecule has 0 bridgehead atoms. The van der Waals surface area contributed by atoms with E-state index in [-0.39, 0.29) is 6.04 Å². The average molecular weight is 332 g/mol. The van der Waals surface area contributed by atoms with Gasteiger partial charge in [-0.2, -0.15) is 0 Å². The van der Waals surface area contributed by atoms with Crippen LogP contribution in [0.25, 0.3) is 10.8 Å². The van der Waals surface area contributed by atoms with E-state index in [1.807, 2.05) is 0 Å². The molecule has 0 spiro atoms. The van der Waals surface area contributed by atoms with E-state index in [2.05, 4.69) is 70.6 Å². The predicted molar refractivity (Wildman–Crippen MR) is 86.7 cm³/mol. The molecule has 3 heteroatoms. The third-order valence-electron chi connectivity index (χ3n) is 3.58. The van der Waals surface area contributed by atoms with Gasteiger partial charge < -0.3 is 10.1 Å². The van der Waals surface area contributed by atoms with Crippen LogP contribution in [0.1, 0.15) is 24.9 Å². The molecule has 1 heterocycles. The second-order valence-electron chi connectivity index (χ2n) is 4.99. The highest BCUT2D eigenvalue weighted by molar-refractivity contribution is 9.10. The molecule has 0 saturated carbocycles. The Morgan fingerprint density at radius 1 is 1.20 bits per heavy atom. The molecule has 1 unspecified atom stereocenters. The summed E-state index contributed by atoms with van der Waals surface area (Å²) in [6, 6.07) is 13.1. The number of halogens is 1. The van der Waals surface area contributed by atoms with E-state index in [0.717, 1.165) is 29.8 Å². The Morgan fingerprint density at radius 2 is 2.00 bits per heavy atom. The Labute approximate surface area is 128 Å². The summed E-state index contributed by atoms with van der Waals surface area (Å²) in [6.07, 6.45) is 3.21. The van der Waals surface area contributed by atoms with E-state index in [9.17, 15) is 0 Å². The summed E-state index contributed by atoms with van der Waals surface area (Å²) in [5.41, 5.74) is 1.26. The summed E-state index contributed by atoms with van der Waals surface area (Å²) >= 11 is 3.52. The highest BCUT2D eigenvalue weighted by Crippen LogP contribution is 2.29. The van der Waals surface area contributed by atoms with Gasteiger partial charge in [-0.05, 0) is 47.2 Å². The number of fused-ring (bicyclic) bond motifs is 1. The molecule has 1 aliphatic heterocycles. The SMILES string of the molecule is CCNC(C1=CCCO1)c1ccc2cc(Br)ccc2c1. The molecule has 104 valence electrons. The average Bonchev–Trinajstić information content (AvgIpc) is 2.98. The molecule has 0 aromatic heterocycles. The number of ether oxygens (including phenoxy) is 1. The molecule has 2 aromatic rings. The molecule has 2 nitrogen and oxygen atoms in total. The van der Waals surface area contributed by atoms with Crippen LogP contribution in [0.2, 0.25) is 0 Å². The van der Waals surface area contributed by atoms with Crippen molar-refractivity contribution in [3.63, 3.8) is 0 Å². The molecule has 3 rings (SSSR count). The first-order valence-electron chi connectivity index (χ1n) is 7.03. The molecule has 0 radical (unpaired) electrons. The molecular weight excluding hydrogens is 314 g/mol. The topological polar surface area (TPSA) is 21.3 Å². The van der Waals surface area contributed by atoms with Gasteiger partial charge in [-0.15, -0.1) is 0 Å². The lowest BCUT2D eigenvalue weighted by Gasteiger charge is -2.20. The van der Waals surface area contributed by atoms with Crippen molar-refractivity contribution in [2.45, 2.75) is 19.4 Å². The maximum Gasteiger partial charge on any atom is 0.114 e. The molecule has 0 fully saturated rings. The van der Waals surface area contributed by atoms with Crippen LogP contribution in [0.3, 0.4) is 0 Å². The number of benzene rings is 2. The summed E-state index contributed by atoms with van der Waals surface area (Å²) in [7, 11) is 0. The summed E-state index contributed by atoms with van der Waals surface area (Å²) in [5, 5.41) is 6.02. The second kappa shape index (κ2) is 5.98. The van der Waals surface area contributed by atoms with E-state index >= 15 is 0 Å². The maximum atomic E-state index is 5.74. The first-order valence-corrected chi connectivity index (χ1v) is 7.82. The van der Waals surface area contributed by atoms with Gasteiger partial charge in [0.2, 0.25) is 0 Å². The van der Waals surface area contributed by atoms with Crippen LogP contribution in [0.15, 0.2) is 52.7 Å². The van der Waals surface area contributed by atoms with Gasteiger partial charge in [-0.25, -0.2) is 0 Å². The fourth-order valence-electron chi connectivity index (χ4n) is 2.64. The first-order chi connectivity index (χ1) is 9.78. The lowest BCUT2D eigenvalue weighted by atomic mass is 10.0. The highest BCUT2D eigenvalue weighted by atomic mass is 79.9. The minimum Gasteiger partial charge on any atom is -0.496 e. The summed E-state index contributed by atoms with van der Waals surface area (Å²) in [4.78, 5) is 0. The van der Waals surface area contributed by atoms with Gasteiger partial charge in [0, 0.05) is 10.9 Å². The van der Waals surface area contributed by atoms with Gasteiger partial charge >= 0.3 is 0 Å². The Hall–Kier alpha value is -1.32. The lowest BCUT2D eigenvalue weighted by Crippen LogP contribution is -2.23. The van der Waals surface area contributed by atoms with E-state index in [1.165, 1.54) is 16.3 Å². The number of nitrogens with one attached hydrogen (secondary N) is 1. The molecule has 0 saturated heterocycles. The van der Waals surface area contributed by atoms with Crippen LogP contribution in [0.4, 0.5) is 0 Å². The van der Waals surface area contributed by atoms with Crippen molar-refractivity contribution in [3.05, 3.63) is 58.3 Å². The third-order valence-corrected chi connectivity index (χ3v) is 4.08. The zero-order valence-electron chi connectivity index (χ0n) is 11.5. The minimum absolute atomic E-state index is 0.163. The zero-order chi connectivity index (χ0) is 13.9. The molecule has 20 heavy (non-hydrogen) atoms. The largest absolute Gasteiger partial charge is 0.496 e. The van der Waals surface area contributed by atoms with Crippen LogP contribution in [-0.4, -0.2) is 13.2 Å². The van der Waals surface area contributed by atoms with Gasteiger partial charge in [-0.1, -0.05) is 41.1 Å². The Morgan fingerprint density at radius 3 is 2.75 bits per heavy atom. The van der Waals surface area contributed by atoms with Gasteiger partial charge in [0.25, 0.3) is 0 Å². The first kappa shape index (κ1) is 13.7. The van der Waals surface area contributed by atoms with Crippen molar-refractivity contribution in [1.29, 1.82) is 0 Å². The third kappa shape index (κ3) is 2.74. The fraction of sp³-hybridized carbons (Fsp3) is 0.294. The predicted octanol–water partition coefficient (Wildman–Crippen LogP) is 4.56. The number of hydrogen-bond acceptors (Lipinski definition) is 2. The van der Waals surface area contributed by atoms with Crippen molar-refractivity contribution in [2.24, 2.45) is 0 Å². The van der Waals surface area contributed by atoms with Crippen molar-refractivity contribution in [3.8, 4) is 0 Å². The zero-order valence-corrected chi connectivity index (χ0v) is 13.1. The van der Waals surface area contributed by atoms with Crippen LogP contribution in [0.5, 0.6) is 0 Å². The standard InChI is InChI=1S/C17H18BrNO/c1-2-19-17(16-4-3-9-20-16)14-6-5-13-11-15(18)8-7-12(13)10-14/h4-8,10-11,17,19H,2-3,9H2,1H3. The molecule has 0 amide bonds. The van der Waals surface area contributed by atoms with Crippen molar-refractivity contribution in [2.75, 3.05) is 13.2 Å². The number of rotatable bonds is 4. The van der Waals surface area contributed by atoms with Crippen molar-refractivity contribution >= 4 is 26.7 Å². The number of likely N-dealkylation sites (N-methyl/N-ethyl adjacent to an activating group) is 1. The van der Waals surface area contributed by atoms with E-state index < -0.39 is 0 Å². The normalized spacial score (nSPS) is 16.0. The molecule has 1 atom stereocenters. The smallest absolute Gasteiger partial charge is 0.114 e. The summed E-state index contributed by atoms with van der Waals surface area (Å²) in [6.45, 7) is 3.85. The fourth-order valence-corrected chi connectivity index (χ4v) is 3.02. The molecule has 2 aromatic carbocycles. The summed E-state index contributed by atoms with van der Waals surface area (Å²) < 4.78 is 6.86. The minimum atomic E-state index is 0.163. The second-order valence-corrected chi connectivity index (χ2v) is 5.90. The molecule has 1 aliphatic rings. The number of hydrogen-bond donors (Lipinski definition) is 1.